The van der Waals surface area contributed by atoms with E-state index in [1.165, 1.54) is 12.1 Å². The lowest BCUT2D eigenvalue weighted by Gasteiger charge is -2.16. The third-order valence-electron chi connectivity index (χ3n) is 3.37. The van der Waals surface area contributed by atoms with Gasteiger partial charge in [0.25, 0.3) is 0 Å². The second-order valence-electron chi connectivity index (χ2n) is 6.36. The Morgan fingerprint density at radius 1 is 1.33 bits per heavy atom. The quantitative estimate of drug-likeness (QED) is 0.670. The minimum atomic E-state index is -0.236. The van der Waals surface area contributed by atoms with E-state index in [-0.39, 0.29) is 17.3 Å². The van der Waals surface area contributed by atoms with Gasteiger partial charge in [-0.15, -0.1) is 11.3 Å². The summed E-state index contributed by atoms with van der Waals surface area (Å²) in [5.74, 6) is 5.41. The lowest BCUT2D eigenvalue weighted by atomic mass is 9.93. The van der Waals surface area contributed by atoms with Gasteiger partial charge < -0.3 is 0 Å². The molecule has 0 radical (unpaired) electrons. The SMILES string of the molecule is Cc1cc(F)cc(C(Cc2nc(C(C)(C)C)cs2)NN)c1. The molecule has 0 saturated heterocycles. The number of nitrogens with two attached hydrogens (primary N) is 1. The van der Waals surface area contributed by atoms with Crippen molar-refractivity contribution in [2.75, 3.05) is 0 Å². The van der Waals surface area contributed by atoms with Crippen molar-refractivity contribution in [2.45, 2.75) is 45.6 Å². The molecule has 0 aliphatic rings. The number of thiazole rings is 1. The molecule has 0 fully saturated rings. The van der Waals surface area contributed by atoms with E-state index in [0.29, 0.717) is 6.42 Å². The van der Waals surface area contributed by atoms with Crippen LogP contribution in [0.4, 0.5) is 4.39 Å². The van der Waals surface area contributed by atoms with Crippen molar-refractivity contribution < 1.29 is 4.39 Å². The number of nitrogens with one attached hydrogen (secondary N) is 1. The molecular weight excluding hydrogens is 285 g/mol. The second kappa shape index (κ2) is 6.22. The maximum absolute atomic E-state index is 13.5. The molecule has 0 amide bonds. The van der Waals surface area contributed by atoms with Gasteiger partial charge in [-0.3, -0.25) is 11.3 Å². The van der Waals surface area contributed by atoms with Crippen LogP contribution in [0.2, 0.25) is 0 Å². The van der Waals surface area contributed by atoms with Gasteiger partial charge in [-0.2, -0.15) is 0 Å². The predicted molar refractivity (Wildman–Crippen MR) is 85.7 cm³/mol. The fourth-order valence-electron chi connectivity index (χ4n) is 2.16. The van der Waals surface area contributed by atoms with Crippen LogP contribution in [-0.4, -0.2) is 4.98 Å². The van der Waals surface area contributed by atoms with Crippen LogP contribution in [0.15, 0.2) is 23.6 Å². The monoisotopic (exact) mass is 307 g/mol. The number of hydrazine groups is 1. The molecule has 0 bridgehead atoms. The molecule has 1 heterocycles. The van der Waals surface area contributed by atoms with Gasteiger partial charge in [0, 0.05) is 17.2 Å². The number of benzene rings is 1. The van der Waals surface area contributed by atoms with Crippen LogP contribution in [-0.2, 0) is 11.8 Å². The molecular formula is C16H22FN3S. The van der Waals surface area contributed by atoms with Crippen LogP contribution in [0.3, 0.4) is 0 Å². The van der Waals surface area contributed by atoms with Gasteiger partial charge >= 0.3 is 0 Å². The fraction of sp³-hybridized carbons (Fsp3) is 0.438. The Bertz CT molecular complexity index is 596. The lowest BCUT2D eigenvalue weighted by molar-refractivity contribution is 0.535. The molecule has 5 heteroatoms. The van der Waals surface area contributed by atoms with Crippen molar-refractivity contribution in [1.29, 1.82) is 0 Å². The topological polar surface area (TPSA) is 50.9 Å². The van der Waals surface area contributed by atoms with E-state index >= 15 is 0 Å². The summed E-state index contributed by atoms with van der Waals surface area (Å²) in [4.78, 5) is 4.67. The van der Waals surface area contributed by atoms with Crippen LogP contribution in [0.5, 0.6) is 0 Å². The third-order valence-corrected chi connectivity index (χ3v) is 4.24. The van der Waals surface area contributed by atoms with Gasteiger partial charge in [0.1, 0.15) is 5.82 Å². The van der Waals surface area contributed by atoms with Gasteiger partial charge in [0.05, 0.1) is 16.7 Å². The Morgan fingerprint density at radius 3 is 2.57 bits per heavy atom. The second-order valence-corrected chi connectivity index (χ2v) is 7.30. The first-order valence-corrected chi connectivity index (χ1v) is 7.85. The highest BCUT2D eigenvalue weighted by atomic mass is 32.1. The molecule has 0 aliphatic heterocycles. The van der Waals surface area contributed by atoms with Crippen LogP contribution < -0.4 is 11.3 Å². The van der Waals surface area contributed by atoms with Crippen LogP contribution in [0.25, 0.3) is 0 Å². The Kier molecular flexibility index (Phi) is 4.76. The first-order valence-electron chi connectivity index (χ1n) is 6.97. The maximum Gasteiger partial charge on any atom is 0.123 e. The minimum absolute atomic E-state index is 0.0375. The highest BCUT2D eigenvalue weighted by Crippen LogP contribution is 2.27. The van der Waals surface area contributed by atoms with Gasteiger partial charge in [-0.05, 0) is 30.2 Å². The number of halogens is 1. The summed E-state index contributed by atoms with van der Waals surface area (Å²) >= 11 is 1.62. The van der Waals surface area contributed by atoms with Gasteiger partial charge in [0.2, 0.25) is 0 Å². The summed E-state index contributed by atoms with van der Waals surface area (Å²) in [7, 11) is 0. The summed E-state index contributed by atoms with van der Waals surface area (Å²) in [5.41, 5.74) is 5.62. The van der Waals surface area contributed by atoms with E-state index in [2.05, 4.69) is 36.6 Å². The number of rotatable bonds is 4. The number of aryl methyl sites for hydroxylation is 1. The van der Waals surface area contributed by atoms with Crippen molar-refractivity contribution in [3.8, 4) is 0 Å². The summed E-state index contributed by atoms with van der Waals surface area (Å²) in [6.07, 6.45) is 0.653. The van der Waals surface area contributed by atoms with Gasteiger partial charge in [0.15, 0.2) is 0 Å². The molecule has 0 spiro atoms. The van der Waals surface area contributed by atoms with Crippen molar-refractivity contribution in [3.05, 3.63) is 51.2 Å². The minimum Gasteiger partial charge on any atom is -0.271 e. The molecule has 0 aliphatic carbocycles. The first kappa shape index (κ1) is 16.1. The summed E-state index contributed by atoms with van der Waals surface area (Å²) < 4.78 is 13.5. The zero-order valence-electron chi connectivity index (χ0n) is 12.9. The van der Waals surface area contributed by atoms with Crippen molar-refractivity contribution in [3.63, 3.8) is 0 Å². The lowest BCUT2D eigenvalue weighted by Crippen LogP contribution is -2.29. The van der Waals surface area contributed by atoms with Crippen LogP contribution >= 0.6 is 11.3 Å². The molecule has 1 aromatic heterocycles. The molecule has 21 heavy (non-hydrogen) atoms. The van der Waals surface area contributed by atoms with Gasteiger partial charge in [-0.1, -0.05) is 26.8 Å². The third kappa shape index (κ3) is 4.09. The Morgan fingerprint density at radius 2 is 2.05 bits per heavy atom. The van der Waals surface area contributed by atoms with E-state index in [0.717, 1.165) is 21.8 Å². The molecule has 1 unspecified atom stereocenters. The molecule has 1 aromatic carbocycles. The highest BCUT2D eigenvalue weighted by Gasteiger charge is 2.19. The summed E-state index contributed by atoms with van der Waals surface area (Å²) in [6, 6.07) is 4.85. The number of hydrogen-bond acceptors (Lipinski definition) is 4. The number of nitrogens with zero attached hydrogens (tertiary/aromatic N) is 1. The van der Waals surface area contributed by atoms with Crippen molar-refractivity contribution in [1.82, 2.24) is 10.4 Å². The average molecular weight is 307 g/mol. The summed E-state index contributed by atoms with van der Waals surface area (Å²) in [6.45, 7) is 8.29. The smallest absolute Gasteiger partial charge is 0.123 e. The van der Waals surface area contributed by atoms with Crippen LogP contribution in [0, 0.1) is 12.7 Å². The van der Waals surface area contributed by atoms with E-state index in [1.807, 2.05) is 13.0 Å². The first-order chi connectivity index (χ1) is 9.79. The molecule has 2 rings (SSSR count). The maximum atomic E-state index is 13.5. The Hall–Kier alpha value is -1.30. The predicted octanol–water partition coefficient (Wildman–Crippen LogP) is 3.64. The van der Waals surface area contributed by atoms with E-state index in [4.69, 9.17) is 5.84 Å². The fourth-order valence-corrected chi connectivity index (χ4v) is 3.23. The summed E-state index contributed by atoms with van der Waals surface area (Å²) in [5, 5.41) is 3.09. The molecule has 114 valence electrons. The zero-order valence-corrected chi connectivity index (χ0v) is 13.7. The van der Waals surface area contributed by atoms with E-state index in [1.54, 1.807) is 11.3 Å². The van der Waals surface area contributed by atoms with E-state index in [9.17, 15) is 4.39 Å². The molecule has 2 aromatic rings. The Balaban J connectivity index is 2.21. The normalized spacial score (nSPS) is 13.4. The number of aromatic nitrogens is 1. The van der Waals surface area contributed by atoms with E-state index < -0.39 is 0 Å². The Labute approximate surface area is 129 Å². The molecule has 1 atom stereocenters. The molecule has 0 saturated carbocycles. The highest BCUT2D eigenvalue weighted by molar-refractivity contribution is 7.09. The zero-order chi connectivity index (χ0) is 15.6. The molecule has 3 N–H and O–H groups in total. The van der Waals surface area contributed by atoms with Crippen molar-refractivity contribution in [2.24, 2.45) is 5.84 Å². The largest absolute Gasteiger partial charge is 0.271 e. The number of hydrogen-bond donors (Lipinski definition) is 2. The van der Waals surface area contributed by atoms with Crippen LogP contribution in [0.1, 0.15) is 48.6 Å². The standard InChI is InChI=1S/C16H22FN3S/c1-10-5-11(7-12(17)6-10)13(20-18)8-15-19-14(9-21-15)16(2,3)4/h5-7,9,13,20H,8,18H2,1-4H3. The average Bonchev–Trinajstić information content (AvgIpc) is 2.83. The van der Waals surface area contributed by atoms with Crippen molar-refractivity contribution >= 4 is 11.3 Å². The van der Waals surface area contributed by atoms with Gasteiger partial charge in [-0.25, -0.2) is 9.37 Å². The molecule has 3 nitrogen and oxygen atoms in total.